The number of nitrogens with zero attached hydrogens (tertiary/aromatic N) is 1. The summed E-state index contributed by atoms with van der Waals surface area (Å²) in [5.41, 5.74) is 3.70. The van der Waals surface area contributed by atoms with E-state index in [-0.39, 0.29) is 0 Å². The van der Waals surface area contributed by atoms with Crippen LogP contribution < -0.4 is 0 Å². The van der Waals surface area contributed by atoms with Crippen molar-refractivity contribution in [2.75, 3.05) is 13.1 Å². The molecule has 17 heavy (non-hydrogen) atoms. The highest BCUT2D eigenvalue weighted by Crippen LogP contribution is 2.41. The van der Waals surface area contributed by atoms with Gasteiger partial charge in [-0.3, -0.25) is 0 Å². The Morgan fingerprint density at radius 2 is 1.88 bits per heavy atom. The van der Waals surface area contributed by atoms with Gasteiger partial charge in [-0.2, -0.15) is 0 Å². The third-order valence-corrected chi connectivity index (χ3v) is 4.41. The molecule has 1 saturated heterocycles. The Morgan fingerprint density at radius 3 is 2.53 bits per heavy atom. The van der Waals surface area contributed by atoms with Crippen molar-refractivity contribution in [2.24, 2.45) is 5.41 Å². The van der Waals surface area contributed by atoms with Gasteiger partial charge in [0.05, 0.1) is 0 Å². The molecule has 1 heteroatoms. The standard InChI is InChI=1S/C16H27N/c1-4-14-8-7-10-16(2,3)15(14)9-13-17-11-5-6-12-17/h9,13H,4-8,10-12H2,1-3H3. The molecule has 0 unspecified atom stereocenters. The topological polar surface area (TPSA) is 3.24 Å². The van der Waals surface area contributed by atoms with Gasteiger partial charge < -0.3 is 4.90 Å². The minimum absolute atomic E-state index is 0.389. The molecule has 0 amide bonds. The predicted molar refractivity (Wildman–Crippen MR) is 74.9 cm³/mol. The van der Waals surface area contributed by atoms with Crippen LogP contribution in [-0.2, 0) is 0 Å². The molecule has 0 atom stereocenters. The normalized spacial score (nSPS) is 25.0. The first-order valence-electron chi connectivity index (χ1n) is 7.28. The molecule has 0 N–H and O–H groups in total. The van der Waals surface area contributed by atoms with Crippen LogP contribution in [0.15, 0.2) is 23.4 Å². The Bertz CT molecular complexity index is 316. The molecule has 1 aliphatic carbocycles. The van der Waals surface area contributed by atoms with E-state index in [9.17, 15) is 0 Å². The minimum atomic E-state index is 0.389. The number of hydrogen-bond donors (Lipinski definition) is 0. The average Bonchev–Trinajstić information content (AvgIpc) is 2.79. The van der Waals surface area contributed by atoms with Gasteiger partial charge in [0, 0.05) is 13.1 Å². The Balaban J connectivity index is 2.16. The second-order valence-corrected chi connectivity index (χ2v) is 6.17. The average molecular weight is 233 g/mol. The van der Waals surface area contributed by atoms with E-state index in [1.807, 2.05) is 0 Å². The third-order valence-electron chi connectivity index (χ3n) is 4.41. The van der Waals surface area contributed by atoms with Crippen LogP contribution in [0.5, 0.6) is 0 Å². The van der Waals surface area contributed by atoms with Gasteiger partial charge in [-0.1, -0.05) is 26.3 Å². The molecule has 1 heterocycles. The first-order chi connectivity index (χ1) is 8.13. The van der Waals surface area contributed by atoms with Crippen LogP contribution in [0.4, 0.5) is 0 Å². The van der Waals surface area contributed by atoms with Crippen molar-refractivity contribution in [3.05, 3.63) is 23.4 Å². The molecule has 0 bridgehead atoms. The van der Waals surface area contributed by atoms with Crippen molar-refractivity contribution in [2.45, 2.75) is 59.3 Å². The minimum Gasteiger partial charge on any atom is -0.377 e. The van der Waals surface area contributed by atoms with Crippen molar-refractivity contribution in [3.63, 3.8) is 0 Å². The summed E-state index contributed by atoms with van der Waals surface area (Å²) in [7, 11) is 0. The summed E-state index contributed by atoms with van der Waals surface area (Å²) in [5, 5.41) is 0. The highest BCUT2D eigenvalue weighted by atomic mass is 15.1. The van der Waals surface area contributed by atoms with E-state index in [1.54, 1.807) is 11.1 Å². The second-order valence-electron chi connectivity index (χ2n) is 6.17. The van der Waals surface area contributed by atoms with Gasteiger partial charge in [0.25, 0.3) is 0 Å². The van der Waals surface area contributed by atoms with Crippen LogP contribution in [0.1, 0.15) is 59.3 Å². The zero-order valence-corrected chi connectivity index (χ0v) is 11.8. The lowest BCUT2D eigenvalue weighted by Gasteiger charge is -2.34. The maximum absolute atomic E-state index is 2.48. The van der Waals surface area contributed by atoms with Gasteiger partial charge in [0.2, 0.25) is 0 Å². The summed E-state index contributed by atoms with van der Waals surface area (Å²) in [6.07, 6.45) is 12.8. The van der Waals surface area contributed by atoms with Crippen LogP contribution in [0.3, 0.4) is 0 Å². The summed E-state index contributed by atoms with van der Waals surface area (Å²) in [4.78, 5) is 2.48. The summed E-state index contributed by atoms with van der Waals surface area (Å²) in [6, 6.07) is 0. The lowest BCUT2D eigenvalue weighted by molar-refractivity contribution is 0.371. The van der Waals surface area contributed by atoms with Crippen LogP contribution in [0.25, 0.3) is 0 Å². The fraction of sp³-hybridized carbons (Fsp3) is 0.750. The first-order valence-corrected chi connectivity index (χ1v) is 7.28. The lowest BCUT2D eigenvalue weighted by atomic mass is 9.72. The molecule has 0 spiro atoms. The SMILES string of the molecule is CCC1=C(C=CN2CCCC2)C(C)(C)CCC1. The summed E-state index contributed by atoms with van der Waals surface area (Å²) >= 11 is 0. The van der Waals surface area contributed by atoms with E-state index in [0.717, 1.165) is 0 Å². The van der Waals surface area contributed by atoms with Gasteiger partial charge in [0.1, 0.15) is 0 Å². The maximum atomic E-state index is 2.48. The smallest absolute Gasteiger partial charge is 0.0173 e. The van der Waals surface area contributed by atoms with E-state index in [4.69, 9.17) is 0 Å². The van der Waals surface area contributed by atoms with Gasteiger partial charge in [-0.15, -0.1) is 0 Å². The highest BCUT2D eigenvalue weighted by molar-refractivity contribution is 5.33. The van der Waals surface area contributed by atoms with E-state index >= 15 is 0 Å². The molecule has 0 aromatic rings. The molecular formula is C16H27N. The molecule has 1 nitrogen and oxygen atoms in total. The summed E-state index contributed by atoms with van der Waals surface area (Å²) < 4.78 is 0. The van der Waals surface area contributed by atoms with Crippen molar-refractivity contribution in [1.29, 1.82) is 0 Å². The monoisotopic (exact) mass is 233 g/mol. The molecule has 2 aliphatic rings. The maximum Gasteiger partial charge on any atom is 0.0173 e. The summed E-state index contributed by atoms with van der Waals surface area (Å²) in [6.45, 7) is 9.63. The molecule has 1 aliphatic heterocycles. The zero-order chi connectivity index (χ0) is 12.3. The van der Waals surface area contributed by atoms with Gasteiger partial charge in [-0.25, -0.2) is 0 Å². The second kappa shape index (κ2) is 5.29. The molecule has 2 rings (SSSR count). The van der Waals surface area contributed by atoms with E-state index < -0.39 is 0 Å². The van der Waals surface area contributed by atoms with Crippen molar-refractivity contribution < 1.29 is 0 Å². The summed E-state index contributed by atoms with van der Waals surface area (Å²) in [5.74, 6) is 0. The van der Waals surface area contributed by atoms with Crippen LogP contribution in [0, 0.1) is 5.41 Å². The van der Waals surface area contributed by atoms with Gasteiger partial charge in [0.15, 0.2) is 0 Å². The van der Waals surface area contributed by atoms with E-state index in [2.05, 4.69) is 37.9 Å². The predicted octanol–water partition coefficient (Wildman–Crippen LogP) is 4.51. The number of rotatable bonds is 3. The van der Waals surface area contributed by atoms with E-state index in [1.165, 1.54) is 51.6 Å². The first kappa shape index (κ1) is 12.7. The van der Waals surface area contributed by atoms with Crippen LogP contribution in [-0.4, -0.2) is 18.0 Å². The molecule has 0 radical (unpaired) electrons. The zero-order valence-electron chi connectivity index (χ0n) is 11.8. The number of allylic oxidation sites excluding steroid dienone is 3. The van der Waals surface area contributed by atoms with Crippen molar-refractivity contribution >= 4 is 0 Å². The number of hydrogen-bond acceptors (Lipinski definition) is 1. The third kappa shape index (κ3) is 2.94. The Kier molecular flexibility index (Phi) is 3.96. The fourth-order valence-corrected chi connectivity index (χ4v) is 3.27. The molecule has 0 aromatic carbocycles. The Morgan fingerprint density at radius 1 is 1.18 bits per heavy atom. The quantitative estimate of drug-likeness (QED) is 0.693. The Labute approximate surface area is 107 Å². The molecule has 1 fully saturated rings. The largest absolute Gasteiger partial charge is 0.377 e. The molecule has 0 saturated carbocycles. The fourth-order valence-electron chi connectivity index (χ4n) is 3.27. The van der Waals surface area contributed by atoms with E-state index in [0.29, 0.717) is 5.41 Å². The van der Waals surface area contributed by atoms with Crippen LogP contribution >= 0.6 is 0 Å². The van der Waals surface area contributed by atoms with Gasteiger partial charge >= 0.3 is 0 Å². The van der Waals surface area contributed by atoms with Crippen molar-refractivity contribution in [3.8, 4) is 0 Å². The molecular weight excluding hydrogens is 206 g/mol. The Hall–Kier alpha value is -0.720. The lowest BCUT2D eigenvalue weighted by Crippen LogP contribution is -2.20. The van der Waals surface area contributed by atoms with Gasteiger partial charge in [-0.05, 0) is 61.8 Å². The van der Waals surface area contributed by atoms with Crippen LogP contribution in [0.2, 0.25) is 0 Å². The molecule has 96 valence electrons. The molecule has 0 aromatic heterocycles. The van der Waals surface area contributed by atoms with Crippen molar-refractivity contribution in [1.82, 2.24) is 4.90 Å². The highest BCUT2D eigenvalue weighted by Gasteiger charge is 2.27. The number of likely N-dealkylation sites (tertiary alicyclic amines) is 1.